The van der Waals surface area contributed by atoms with E-state index in [1.807, 2.05) is 11.8 Å². The molecule has 0 spiro atoms. The van der Waals surface area contributed by atoms with Gasteiger partial charge in [0.25, 0.3) is 0 Å². The van der Waals surface area contributed by atoms with Gasteiger partial charge in [-0.15, -0.1) is 0 Å². The van der Waals surface area contributed by atoms with Crippen LogP contribution in [0.15, 0.2) is 0 Å². The quantitative estimate of drug-likeness (QED) is 0.607. The van der Waals surface area contributed by atoms with Crippen molar-refractivity contribution in [2.24, 2.45) is 5.92 Å². The van der Waals surface area contributed by atoms with Crippen LogP contribution in [0.3, 0.4) is 0 Å². The Morgan fingerprint density at radius 1 is 1.46 bits per heavy atom. The second-order valence-corrected chi connectivity index (χ2v) is 4.09. The van der Waals surface area contributed by atoms with E-state index >= 15 is 0 Å². The van der Waals surface area contributed by atoms with Crippen molar-refractivity contribution in [3.05, 3.63) is 0 Å². The Hall–Kier alpha value is -0.570. The fourth-order valence-electron chi connectivity index (χ4n) is 1.93. The normalized spacial score (nSPS) is 29.9. The highest BCUT2D eigenvalue weighted by Crippen LogP contribution is 2.28. The Morgan fingerprint density at radius 3 is 2.77 bits per heavy atom. The van der Waals surface area contributed by atoms with Gasteiger partial charge in [-0.25, -0.2) is 0 Å². The molecular weight excluding hydrogens is 166 g/mol. The van der Waals surface area contributed by atoms with E-state index in [1.54, 1.807) is 0 Å². The maximum atomic E-state index is 11.8. The van der Waals surface area contributed by atoms with Crippen molar-refractivity contribution in [3.8, 4) is 0 Å². The Kier molecular flexibility index (Phi) is 2.54. The number of carbonyl (C=O) groups excluding carboxylic acids is 1. The van der Waals surface area contributed by atoms with Crippen LogP contribution in [-0.4, -0.2) is 36.6 Å². The molecule has 1 saturated heterocycles. The van der Waals surface area contributed by atoms with E-state index in [0.717, 1.165) is 25.9 Å². The summed E-state index contributed by atoms with van der Waals surface area (Å²) in [5, 5.41) is 0. The van der Waals surface area contributed by atoms with E-state index in [2.05, 4.69) is 0 Å². The van der Waals surface area contributed by atoms with Gasteiger partial charge in [-0.05, 0) is 19.8 Å². The first-order valence-corrected chi connectivity index (χ1v) is 5.18. The molecule has 1 aliphatic carbocycles. The Balaban J connectivity index is 1.87. The summed E-state index contributed by atoms with van der Waals surface area (Å²) in [5.41, 5.74) is 0. The average molecular weight is 183 g/mol. The van der Waals surface area contributed by atoms with Crippen LogP contribution in [0.5, 0.6) is 0 Å². The maximum absolute atomic E-state index is 11.8. The summed E-state index contributed by atoms with van der Waals surface area (Å²) < 4.78 is 5.40. The van der Waals surface area contributed by atoms with E-state index < -0.39 is 0 Å². The lowest BCUT2D eigenvalue weighted by atomic mass is 9.84. The van der Waals surface area contributed by atoms with Gasteiger partial charge in [0.05, 0.1) is 12.7 Å². The van der Waals surface area contributed by atoms with Crippen molar-refractivity contribution >= 4 is 5.91 Å². The van der Waals surface area contributed by atoms with Crippen molar-refractivity contribution in [1.29, 1.82) is 0 Å². The monoisotopic (exact) mass is 183 g/mol. The van der Waals surface area contributed by atoms with Gasteiger partial charge in [0.1, 0.15) is 0 Å². The minimum atomic E-state index is 0.220. The predicted octanol–water partition coefficient (Wildman–Crippen LogP) is 1.03. The summed E-state index contributed by atoms with van der Waals surface area (Å²) in [6, 6.07) is 0. The smallest absolute Gasteiger partial charge is 0.225 e. The average Bonchev–Trinajstić information content (AvgIpc) is 2.01. The number of carbonyl (C=O) groups is 1. The Bertz CT molecular complexity index is 201. The van der Waals surface area contributed by atoms with Crippen LogP contribution in [0.25, 0.3) is 0 Å². The number of morpholine rings is 1. The van der Waals surface area contributed by atoms with E-state index in [0.29, 0.717) is 18.4 Å². The van der Waals surface area contributed by atoms with E-state index in [-0.39, 0.29) is 6.10 Å². The van der Waals surface area contributed by atoms with Crippen molar-refractivity contribution in [1.82, 2.24) is 4.90 Å². The minimum absolute atomic E-state index is 0.220. The van der Waals surface area contributed by atoms with Crippen LogP contribution in [0.1, 0.15) is 26.2 Å². The fraction of sp³-hybridized carbons (Fsp3) is 0.900. The summed E-state index contributed by atoms with van der Waals surface area (Å²) in [6.07, 6.45) is 3.66. The molecule has 0 radical (unpaired) electrons. The molecule has 1 heterocycles. The molecule has 2 fully saturated rings. The molecule has 1 unspecified atom stereocenters. The summed E-state index contributed by atoms with van der Waals surface area (Å²) in [4.78, 5) is 13.8. The molecule has 1 aliphatic heterocycles. The highest BCUT2D eigenvalue weighted by Gasteiger charge is 2.31. The van der Waals surface area contributed by atoms with Gasteiger partial charge in [0.15, 0.2) is 0 Å². The van der Waals surface area contributed by atoms with Crippen LogP contribution in [0.2, 0.25) is 0 Å². The molecule has 0 aromatic rings. The lowest BCUT2D eigenvalue weighted by Crippen LogP contribution is -2.48. The molecule has 13 heavy (non-hydrogen) atoms. The molecule has 0 N–H and O–H groups in total. The minimum Gasteiger partial charge on any atom is -0.375 e. The third kappa shape index (κ3) is 1.85. The summed E-state index contributed by atoms with van der Waals surface area (Å²) in [7, 11) is 0. The Morgan fingerprint density at radius 2 is 2.23 bits per heavy atom. The van der Waals surface area contributed by atoms with Crippen LogP contribution in [0, 0.1) is 5.92 Å². The second kappa shape index (κ2) is 3.66. The lowest BCUT2D eigenvalue weighted by Gasteiger charge is -2.36. The topological polar surface area (TPSA) is 29.5 Å². The van der Waals surface area contributed by atoms with Gasteiger partial charge >= 0.3 is 0 Å². The standard InChI is InChI=1S/C10H17NO2/c1-8-7-11(5-6-13-8)10(12)9-3-2-4-9/h8-9H,2-7H2,1H3. The molecule has 0 bridgehead atoms. The molecule has 2 rings (SSSR count). The maximum Gasteiger partial charge on any atom is 0.225 e. The molecule has 1 amide bonds. The summed E-state index contributed by atoms with van der Waals surface area (Å²) >= 11 is 0. The van der Waals surface area contributed by atoms with Gasteiger partial charge in [-0.1, -0.05) is 6.42 Å². The molecular formula is C10H17NO2. The fourth-order valence-corrected chi connectivity index (χ4v) is 1.93. The molecule has 74 valence electrons. The van der Waals surface area contributed by atoms with Crippen molar-refractivity contribution in [3.63, 3.8) is 0 Å². The number of hydrogen-bond acceptors (Lipinski definition) is 2. The predicted molar refractivity (Wildman–Crippen MR) is 49.3 cm³/mol. The van der Waals surface area contributed by atoms with E-state index in [9.17, 15) is 4.79 Å². The van der Waals surface area contributed by atoms with Gasteiger partial charge in [-0.3, -0.25) is 4.79 Å². The van der Waals surface area contributed by atoms with Crippen LogP contribution in [-0.2, 0) is 9.53 Å². The molecule has 3 heteroatoms. The van der Waals surface area contributed by atoms with Gasteiger partial charge in [0.2, 0.25) is 5.91 Å². The largest absolute Gasteiger partial charge is 0.375 e. The third-order valence-corrected chi connectivity index (χ3v) is 3.01. The second-order valence-electron chi connectivity index (χ2n) is 4.09. The van der Waals surface area contributed by atoms with Crippen LogP contribution >= 0.6 is 0 Å². The number of hydrogen-bond donors (Lipinski definition) is 0. The lowest BCUT2D eigenvalue weighted by molar-refractivity contribution is -0.145. The molecule has 0 aromatic heterocycles. The van der Waals surface area contributed by atoms with Crippen LogP contribution < -0.4 is 0 Å². The molecule has 1 saturated carbocycles. The zero-order chi connectivity index (χ0) is 9.26. The van der Waals surface area contributed by atoms with Gasteiger partial charge in [0, 0.05) is 19.0 Å². The van der Waals surface area contributed by atoms with Crippen LogP contribution in [0.4, 0.5) is 0 Å². The molecule has 0 aromatic carbocycles. The van der Waals surface area contributed by atoms with E-state index in [4.69, 9.17) is 4.74 Å². The van der Waals surface area contributed by atoms with Gasteiger partial charge < -0.3 is 9.64 Å². The number of nitrogens with zero attached hydrogens (tertiary/aromatic N) is 1. The SMILES string of the molecule is CC1CN(C(=O)C2CCC2)CCO1. The zero-order valence-electron chi connectivity index (χ0n) is 8.16. The molecule has 1 atom stereocenters. The molecule has 2 aliphatic rings. The zero-order valence-corrected chi connectivity index (χ0v) is 8.16. The van der Waals surface area contributed by atoms with Crippen molar-refractivity contribution in [2.75, 3.05) is 19.7 Å². The summed E-state index contributed by atoms with van der Waals surface area (Å²) in [5.74, 6) is 0.701. The summed E-state index contributed by atoms with van der Waals surface area (Å²) in [6.45, 7) is 4.31. The highest BCUT2D eigenvalue weighted by atomic mass is 16.5. The van der Waals surface area contributed by atoms with E-state index in [1.165, 1.54) is 6.42 Å². The first-order valence-electron chi connectivity index (χ1n) is 5.18. The highest BCUT2D eigenvalue weighted by molar-refractivity contribution is 5.79. The van der Waals surface area contributed by atoms with Crippen molar-refractivity contribution < 1.29 is 9.53 Å². The van der Waals surface area contributed by atoms with Crippen molar-refractivity contribution in [2.45, 2.75) is 32.3 Å². The third-order valence-electron chi connectivity index (χ3n) is 3.01. The first kappa shape index (κ1) is 9.00. The Labute approximate surface area is 79.0 Å². The van der Waals surface area contributed by atoms with Gasteiger partial charge in [-0.2, -0.15) is 0 Å². The number of amides is 1. The number of rotatable bonds is 1. The molecule has 3 nitrogen and oxygen atoms in total. The number of ether oxygens (including phenoxy) is 1. The first-order chi connectivity index (χ1) is 6.27.